The lowest BCUT2D eigenvalue weighted by molar-refractivity contribution is 0.102. The molecule has 29 heavy (non-hydrogen) atoms. The first-order valence-electron chi connectivity index (χ1n) is 8.64. The monoisotopic (exact) mass is 382 g/mol. The van der Waals surface area contributed by atoms with E-state index in [1.165, 1.54) is 0 Å². The highest BCUT2D eigenvalue weighted by Crippen LogP contribution is 2.24. The Bertz CT molecular complexity index is 1180. The molecule has 4 aromatic rings. The average molecular weight is 382 g/mol. The number of aromatic nitrogens is 4. The second-order valence-electron chi connectivity index (χ2n) is 6.04. The van der Waals surface area contributed by atoms with Crippen molar-refractivity contribution in [3.8, 4) is 29.0 Å². The van der Waals surface area contributed by atoms with E-state index in [9.17, 15) is 4.79 Å². The number of carbonyl (C=O) groups is 1. The molecule has 8 heteroatoms. The van der Waals surface area contributed by atoms with Crippen molar-refractivity contribution in [3.63, 3.8) is 0 Å². The SMILES string of the molecule is N#Cc1ccc(Oc2cccc(C(=O)Nc3cccc(-c4nn[nH]n4)c3)c2)cc1. The van der Waals surface area contributed by atoms with Crippen molar-refractivity contribution in [1.82, 2.24) is 20.6 Å². The van der Waals surface area contributed by atoms with Crippen molar-refractivity contribution in [3.05, 3.63) is 83.9 Å². The number of benzene rings is 3. The molecule has 3 aromatic carbocycles. The number of tetrazole rings is 1. The molecule has 1 amide bonds. The van der Waals surface area contributed by atoms with Crippen molar-refractivity contribution >= 4 is 11.6 Å². The summed E-state index contributed by atoms with van der Waals surface area (Å²) in [6.07, 6.45) is 0. The number of ether oxygens (including phenoxy) is 1. The standard InChI is InChI=1S/C21H14N6O2/c22-13-14-7-9-18(10-8-14)29-19-6-2-4-16(12-19)21(28)23-17-5-1-3-15(11-17)20-24-26-27-25-20/h1-12H,(H,23,28)(H,24,25,26,27). The second kappa shape index (κ2) is 8.02. The summed E-state index contributed by atoms with van der Waals surface area (Å²) in [7, 11) is 0. The average Bonchev–Trinajstić information content (AvgIpc) is 3.30. The molecule has 140 valence electrons. The Morgan fingerprint density at radius 1 is 1.00 bits per heavy atom. The van der Waals surface area contributed by atoms with Crippen LogP contribution in [0.5, 0.6) is 11.5 Å². The highest BCUT2D eigenvalue weighted by molar-refractivity contribution is 6.04. The van der Waals surface area contributed by atoms with E-state index in [1.54, 1.807) is 66.7 Å². The number of hydrogen-bond donors (Lipinski definition) is 2. The van der Waals surface area contributed by atoms with E-state index >= 15 is 0 Å². The molecule has 0 saturated heterocycles. The third-order valence-electron chi connectivity index (χ3n) is 4.04. The summed E-state index contributed by atoms with van der Waals surface area (Å²) in [6, 6.07) is 22.8. The van der Waals surface area contributed by atoms with Gasteiger partial charge in [-0.25, -0.2) is 0 Å². The number of nitrogens with zero attached hydrogens (tertiary/aromatic N) is 4. The van der Waals surface area contributed by atoms with Gasteiger partial charge in [0.15, 0.2) is 0 Å². The van der Waals surface area contributed by atoms with Gasteiger partial charge in [0.1, 0.15) is 11.5 Å². The first kappa shape index (κ1) is 17.9. The Labute approximate surface area is 165 Å². The number of nitrogens with one attached hydrogen (secondary N) is 2. The molecule has 0 aliphatic rings. The van der Waals surface area contributed by atoms with Crippen molar-refractivity contribution in [2.75, 3.05) is 5.32 Å². The molecule has 8 nitrogen and oxygen atoms in total. The molecule has 0 spiro atoms. The van der Waals surface area contributed by atoms with Crippen molar-refractivity contribution in [2.24, 2.45) is 0 Å². The van der Waals surface area contributed by atoms with Crippen molar-refractivity contribution in [2.45, 2.75) is 0 Å². The summed E-state index contributed by atoms with van der Waals surface area (Å²) in [5, 5.41) is 25.5. The van der Waals surface area contributed by atoms with E-state index in [0.29, 0.717) is 34.1 Å². The minimum atomic E-state index is -0.277. The summed E-state index contributed by atoms with van der Waals surface area (Å²) in [5.41, 5.74) is 2.33. The normalized spacial score (nSPS) is 10.2. The Balaban J connectivity index is 1.48. The fourth-order valence-electron chi connectivity index (χ4n) is 2.66. The zero-order valence-corrected chi connectivity index (χ0v) is 15.0. The van der Waals surface area contributed by atoms with Crippen LogP contribution in [0.25, 0.3) is 11.4 Å². The fourth-order valence-corrected chi connectivity index (χ4v) is 2.66. The van der Waals surface area contributed by atoms with Gasteiger partial charge in [0, 0.05) is 16.8 Å². The number of amides is 1. The largest absolute Gasteiger partial charge is 0.457 e. The summed E-state index contributed by atoms with van der Waals surface area (Å²) in [6.45, 7) is 0. The molecule has 0 unspecified atom stereocenters. The first-order valence-corrected chi connectivity index (χ1v) is 8.64. The van der Waals surface area contributed by atoms with Crippen LogP contribution in [0, 0.1) is 11.3 Å². The highest BCUT2D eigenvalue weighted by Gasteiger charge is 2.10. The van der Waals surface area contributed by atoms with E-state index in [1.807, 2.05) is 6.07 Å². The Morgan fingerprint density at radius 2 is 1.83 bits per heavy atom. The Morgan fingerprint density at radius 3 is 2.59 bits per heavy atom. The van der Waals surface area contributed by atoms with E-state index in [0.717, 1.165) is 5.56 Å². The molecule has 0 saturated carbocycles. The molecule has 0 bridgehead atoms. The van der Waals surface area contributed by atoms with Gasteiger partial charge in [-0.1, -0.05) is 18.2 Å². The Hall–Kier alpha value is -4.51. The number of nitriles is 1. The van der Waals surface area contributed by atoms with Gasteiger partial charge < -0.3 is 10.1 Å². The molecule has 0 atom stereocenters. The summed E-state index contributed by atoms with van der Waals surface area (Å²) < 4.78 is 5.77. The number of anilines is 1. The molecule has 0 radical (unpaired) electrons. The third kappa shape index (κ3) is 4.26. The first-order chi connectivity index (χ1) is 14.2. The van der Waals surface area contributed by atoms with Crippen LogP contribution >= 0.6 is 0 Å². The fraction of sp³-hybridized carbons (Fsp3) is 0. The minimum absolute atomic E-state index is 0.277. The van der Waals surface area contributed by atoms with Gasteiger partial charge in [-0.2, -0.15) is 10.5 Å². The van der Waals surface area contributed by atoms with Gasteiger partial charge in [-0.3, -0.25) is 4.79 Å². The van der Waals surface area contributed by atoms with Gasteiger partial charge in [-0.15, -0.1) is 10.2 Å². The number of carbonyl (C=O) groups excluding carboxylic acids is 1. The van der Waals surface area contributed by atoms with E-state index in [2.05, 4.69) is 32.0 Å². The zero-order valence-electron chi connectivity index (χ0n) is 15.0. The third-order valence-corrected chi connectivity index (χ3v) is 4.04. The molecule has 0 aliphatic heterocycles. The number of aromatic amines is 1. The topological polar surface area (TPSA) is 117 Å². The lowest BCUT2D eigenvalue weighted by atomic mass is 10.1. The summed E-state index contributed by atoms with van der Waals surface area (Å²) in [4.78, 5) is 12.6. The maximum absolute atomic E-state index is 12.6. The lowest BCUT2D eigenvalue weighted by Crippen LogP contribution is -2.11. The van der Waals surface area contributed by atoms with Crippen LogP contribution in [-0.4, -0.2) is 26.5 Å². The Kier molecular flexibility index (Phi) is 4.95. The van der Waals surface area contributed by atoms with Crippen molar-refractivity contribution < 1.29 is 9.53 Å². The zero-order chi connectivity index (χ0) is 20.1. The lowest BCUT2D eigenvalue weighted by Gasteiger charge is -2.09. The molecule has 1 aromatic heterocycles. The predicted octanol–water partition coefficient (Wildman–Crippen LogP) is 3.78. The van der Waals surface area contributed by atoms with Crippen LogP contribution in [0.3, 0.4) is 0 Å². The van der Waals surface area contributed by atoms with Crippen LogP contribution in [-0.2, 0) is 0 Å². The second-order valence-corrected chi connectivity index (χ2v) is 6.04. The van der Waals surface area contributed by atoms with Crippen LogP contribution in [0.1, 0.15) is 15.9 Å². The molecule has 2 N–H and O–H groups in total. The smallest absolute Gasteiger partial charge is 0.255 e. The molecular weight excluding hydrogens is 368 g/mol. The summed E-state index contributed by atoms with van der Waals surface area (Å²) in [5.74, 6) is 1.26. The molecule has 0 fully saturated rings. The van der Waals surface area contributed by atoms with Crippen LogP contribution in [0.2, 0.25) is 0 Å². The quantitative estimate of drug-likeness (QED) is 0.542. The molecule has 0 aliphatic carbocycles. The molecule has 4 rings (SSSR count). The van der Waals surface area contributed by atoms with E-state index in [-0.39, 0.29) is 5.91 Å². The van der Waals surface area contributed by atoms with Crippen molar-refractivity contribution in [1.29, 1.82) is 5.26 Å². The maximum atomic E-state index is 12.6. The highest BCUT2D eigenvalue weighted by atomic mass is 16.5. The van der Waals surface area contributed by atoms with Gasteiger partial charge >= 0.3 is 0 Å². The van der Waals surface area contributed by atoms with E-state index < -0.39 is 0 Å². The molecule has 1 heterocycles. The van der Waals surface area contributed by atoms with Gasteiger partial charge in [0.05, 0.1) is 11.6 Å². The molecular formula is C21H14N6O2. The van der Waals surface area contributed by atoms with Gasteiger partial charge in [0.25, 0.3) is 5.91 Å². The predicted molar refractivity (Wildman–Crippen MR) is 105 cm³/mol. The number of H-pyrrole nitrogens is 1. The maximum Gasteiger partial charge on any atom is 0.255 e. The number of hydrogen-bond acceptors (Lipinski definition) is 6. The minimum Gasteiger partial charge on any atom is -0.457 e. The number of rotatable bonds is 5. The van der Waals surface area contributed by atoms with Gasteiger partial charge in [-0.05, 0) is 59.8 Å². The van der Waals surface area contributed by atoms with Crippen LogP contribution in [0.15, 0.2) is 72.8 Å². The van der Waals surface area contributed by atoms with E-state index in [4.69, 9.17) is 10.00 Å². The van der Waals surface area contributed by atoms with Crippen LogP contribution < -0.4 is 10.1 Å². The summed E-state index contributed by atoms with van der Waals surface area (Å²) >= 11 is 0. The van der Waals surface area contributed by atoms with Gasteiger partial charge in [0.2, 0.25) is 5.82 Å². The van der Waals surface area contributed by atoms with Crippen LogP contribution in [0.4, 0.5) is 5.69 Å².